The van der Waals surface area contributed by atoms with Crippen molar-refractivity contribution in [1.29, 1.82) is 0 Å². The number of aliphatic hydroxyl groups is 1. The molecule has 2 saturated carbocycles. The highest BCUT2D eigenvalue weighted by molar-refractivity contribution is 6.23. The lowest BCUT2D eigenvalue weighted by Gasteiger charge is -2.42. The summed E-state index contributed by atoms with van der Waals surface area (Å²) in [4.78, 5) is 44.0. The molecule has 0 spiro atoms. The van der Waals surface area contributed by atoms with E-state index in [2.05, 4.69) is 49.6 Å². The van der Waals surface area contributed by atoms with Crippen molar-refractivity contribution in [2.24, 2.45) is 47.2 Å². The van der Waals surface area contributed by atoms with Crippen LogP contribution in [0.4, 0.5) is 0 Å². The fourth-order valence-electron chi connectivity index (χ4n) is 10.4. The lowest BCUT2D eigenvalue weighted by Crippen LogP contribution is -2.94. The number of likely N-dealkylation sites (N-methyl/N-ethyl adjacent to an activating group) is 1. The number of carbonyl (C=O) groups is 3. The molecule has 272 valence electrons. The van der Waals surface area contributed by atoms with E-state index in [4.69, 9.17) is 15.2 Å². The van der Waals surface area contributed by atoms with Gasteiger partial charge in [0.05, 0.1) is 19.7 Å². The molecule has 10 unspecified atom stereocenters. The number of epoxide rings is 1. The van der Waals surface area contributed by atoms with E-state index in [0.29, 0.717) is 29.7 Å². The minimum atomic E-state index is -1.93. The van der Waals surface area contributed by atoms with Crippen LogP contribution < -0.4 is 16.4 Å². The molecule has 0 aromatic rings. The molecule has 0 aromatic carbocycles. The van der Waals surface area contributed by atoms with Gasteiger partial charge in [-0.25, -0.2) is 4.79 Å². The van der Waals surface area contributed by atoms with Crippen LogP contribution in [-0.2, 0) is 23.9 Å². The Bertz CT molecular complexity index is 1350. The van der Waals surface area contributed by atoms with Crippen LogP contribution in [0, 0.1) is 41.4 Å². The largest absolute Gasteiger partial charge is 0.463 e. The number of fused-ring (bicyclic) bond motifs is 3. The first-order valence-corrected chi connectivity index (χ1v) is 19.6. The Kier molecular flexibility index (Phi) is 11.4. The van der Waals surface area contributed by atoms with Gasteiger partial charge in [-0.2, -0.15) is 0 Å². The molecule has 6 aliphatic rings. The summed E-state index contributed by atoms with van der Waals surface area (Å²) in [7, 11) is 0. The fraction of sp³-hybridized carbons (Fsp3) is 0.775. The smallest absolute Gasteiger partial charge is 0.350 e. The fourth-order valence-corrected chi connectivity index (χ4v) is 10.4. The minimum Gasteiger partial charge on any atom is -0.463 e. The van der Waals surface area contributed by atoms with Gasteiger partial charge in [0.15, 0.2) is 17.2 Å². The molecule has 2 heterocycles. The number of carbonyl (C=O) groups excluding carboxylic acids is 3. The predicted octanol–water partition coefficient (Wildman–Crippen LogP) is 2.87. The third-order valence-corrected chi connectivity index (χ3v) is 13.1. The van der Waals surface area contributed by atoms with Gasteiger partial charge >= 0.3 is 5.97 Å². The summed E-state index contributed by atoms with van der Waals surface area (Å²) in [5.41, 5.74) is 5.75. The lowest BCUT2D eigenvalue weighted by molar-refractivity contribution is -0.699. The average Bonchev–Trinajstić information content (AvgIpc) is 3.79. The Morgan fingerprint density at radius 2 is 1.98 bits per heavy atom. The molecule has 7 N–H and O–H groups in total. The van der Waals surface area contributed by atoms with Gasteiger partial charge in [0, 0.05) is 30.6 Å². The van der Waals surface area contributed by atoms with Crippen LogP contribution in [0.1, 0.15) is 105 Å². The van der Waals surface area contributed by atoms with Gasteiger partial charge in [-0.1, -0.05) is 38.0 Å². The van der Waals surface area contributed by atoms with E-state index in [1.807, 2.05) is 6.92 Å². The molecule has 9 heteroatoms. The highest BCUT2D eigenvalue weighted by Crippen LogP contribution is 2.63. The number of piperidine rings is 1. The monoisotopic (exact) mass is 681 g/mol. The molecular formula is C40H63N3O6+2. The molecule has 4 aliphatic carbocycles. The zero-order valence-electron chi connectivity index (χ0n) is 30.5. The summed E-state index contributed by atoms with van der Waals surface area (Å²) < 4.78 is 12.6. The number of allylic oxidation sites excluding steroid dienone is 4. The van der Waals surface area contributed by atoms with Crippen molar-refractivity contribution < 1.29 is 39.6 Å². The SMILES string of the molecule is CC[NH2+]C1C=C2C=CCCC2CC1COC(=O)C12OC1(CC(CO)=C(C)CCC1CC[NH2+]C(N)C1)C(=O)C1CCCC(CC(C)C)C1C2=O. The molecule has 49 heavy (non-hydrogen) atoms. The van der Waals surface area contributed by atoms with Crippen LogP contribution in [0.2, 0.25) is 0 Å². The van der Waals surface area contributed by atoms with Crippen molar-refractivity contribution in [3.63, 3.8) is 0 Å². The van der Waals surface area contributed by atoms with Crippen LogP contribution in [0.25, 0.3) is 0 Å². The number of ether oxygens (including phenoxy) is 2. The Labute approximate surface area is 293 Å². The standard InChI is InChI=1S/C40H61N3O6/c1-5-42-33-20-28-10-7-6-9-27(28)19-30(33)23-48-38(47)40-37(46)35-29(17-24(2)3)11-8-12-32(35)36(45)39(40,49-40)21-31(22-44)25(4)13-14-26-15-16-43-34(41)18-26/h7,10,20,24,26-27,29-30,32-35,42-44H,5-6,8-9,11-19,21-23,41H2,1-4H3/p+2. The first-order valence-electron chi connectivity index (χ1n) is 19.6. The lowest BCUT2D eigenvalue weighted by atomic mass is 9.56. The minimum absolute atomic E-state index is 0.0422. The van der Waals surface area contributed by atoms with E-state index in [0.717, 1.165) is 82.9 Å². The van der Waals surface area contributed by atoms with Gasteiger partial charge in [0.2, 0.25) is 0 Å². The Morgan fingerprint density at radius 3 is 2.71 bits per heavy atom. The van der Waals surface area contributed by atoms with E-state index < -0.39 is 29.0 Å². The molecule has 4 fully saturated rings. The molecule has 6 rings (SSSR count). The second-order valence-corrected chi connectivity index (χ2v) is 16.8. The Balaban J connectivity index is 1.27. The molecule has 9 nitrogen and oxygen atoms in total. The molecule has 2 aliphatic heterocycles. The van der Waals surface area contributed by atoms with Crippen molar-refractivity contribution in [1.82, 2.24) is 0 Å². The van der Waals surface area contributed by atoms with Crippen LogP contribution in [0.3, 0.4) is 0 Å². The van der Waals surface area contributed by atoms with Crippen LogP contribution in [0.15, 0.2) is 34.9 Å². The summed E-state index contributed by atoms with van der Waals surface area (Å²) in [6, 6.07) is 0.180. The summed E-state index contributed by atoms with van der Waals surface area (Å²) in [5.74, 6) is -0.589. The van der Waals surface area contributed by atoms with Gasteiger partial charge in [-0.15, -0.1) is 0 Å². The first kappa shape index (κ1) is 36.6. The maximum Gasteiger partial charge on any atom is 0.350 e. The van der Waals surface area contributed by atoms with Gasteiger partial charge < -0.3 is 25.2 Å². The molecule has 0 bridgehead atoms. The van der Waals surface area contributed by atoms with Crippen LogP contribution >= 0.6 is 0 Å². The number of rotatable bonds is 13. The van der Waals surface area contributed by atoms with Crippen molar-refractivity contribution in [2.75, 3.05) is 26.3 Å². The molecule has 0 amide bonds. The Hall–Kier alpha value is -2.17. The van der Waals surface area contributed by atoms with Crippen molar-refractivity contribution in [3.05, 3.63) is 34.9 Å². The number of Topliss-reactive ketones (excluding diaryl/α,β-unsaturated/α-hetero) is 2. The highest BCUT2D eigenvalue weighted by atomic mass is 16.7. The van der Waals surface area contributed by atoms with Crippen LogP contribution in [-0.4, -0.2) is 72.4 Å². The number of nitrogens with two attached hydrogens (primary N) is 3. The maximum absolute atomic E-state index is 14.8. The van der Waals surface area contributed by atoms with Crippen LogP contribution in [0.5, 0.6) is 0 Å². The zero-order chi connectivity index (χ0) is 34.9. The Morgan fingerprint density at radius 1 is 1.16 bits per heavy atom. The topological polar surface area (TPSA) is 152 Å². The van der Waals surface area contributed by atoms with E-state index in [-0.39, 0.29) is 55.2 Å². The number of aliphatic hydroxyl groups excluding tert-OH is 1. The second kappa shape index (κ2) is 15.2. The molecule has 10 atom stereocenters. The van der Waals surface area contributed by atoms with Gasteiger partial charge in [-0.05, 0) is 113 Å². The summed E-state index contributed by atoms with van der Waals surface area (Å²) >= 11 is 0. The summed E-state index contributed by atoms with van der Waals surface area (Å²) in [5, 5.41) is 15.2. The second-order valence-electron chi connectivity index (χ2n) is 16.8. The highest BCUT2D eigenvalue weighted by Gasteiger charge is 2.87. The summed E-state index contributed by atoms with van der Waals surface area (Å²) in [6.45, 7) is 10.3. The average molecular weight is 682 g/mol. The molecule has 2 saturated heterocycles. The summed E-state index contributed by atoms with van der Waals surface area (Å²) in [6.07, 6.45) is 17.1. The normalized spacial score (nSPS) is 39.0. The van der Waals surface area contributed by atoms with Gasteiger partial charge in [-0.3, -0.25) is 15.3 Å². The van der Waals surface area contributed by atoms with E-state index in [1.54, 1.807) is 0 Å². The molecule has 0 radical (unpaired) electrons. The van der Waals surface area contributed by atoms with E-state index in [9.17, 15) is 19.5 Å². The third kappa shape index (κ3) is 7.04. The predicted molar refractivity (Wildman–Crippen MR) is 187 cm³/mol. The first-order chi connectivity index (χ1) is 23.5. The number of quaternary nitrogens is 2. The quantitative estimate of drug-likeness (QED) is 0.101. The number of hydrogen-bond acceptors (Lipinski definition) is 7. The number of ketones is 2. The number of hydrogen-bond donors (Lipinski definition) is 4. The maximum atomic E-state index is 14.8. The van der Waals surface area contributed by atoms with Crippen molar-refractivity contribution >= 4 is 17.5 Å². The molecular weight excluding hydrogens is 618 g/mol. The molecule has 0 aromatic heterocycles. The van der Waals surface area contributed by atoms with Gasteiger partial charge in [0.25, 0.3) is 5.60 Å². The van der Waals surface area contributed by atoms with Crippen molar-refractivity contribution in [2.45, 2.75) is 128 Å². The van der Waals surface area contributed by atoms with Crippen molar-refractivity contribution in [3.8, 4) is 0 Å². The zero-order valence-corrected chi connectivity index (χ0v) is 30.5. The third-order valence-electron chi connectivity index (χ3n) is 13.1. The van der Waals surface area contributed by atoms with Gasteiger partial charge in [0.1, 0.15) is 18.8 Å². The number of esters is 1. The van der Waals surface area contributed by atoms with E-state index in [1.165, 1.54) is 5.57 Å². The van der Waals surface area contributed by atoms with E-state index >= 15 is 0 Å².